The fraction of sp³-hybridized carbons (Fsp3) is 0.667. The molecule has 5 N–H and O–H groups in total. The number of fused-ring (bicyclic) bond motifs is 5. The molecule has 4 heteroatoms. The van der Waals surface area contributed by atoms with Gasteiger partial charge in [-0.05, 0) is 78.5 Å². The second-order valence-electron chi connectivity index (χ2n) is 7.59. The Labute approximate surface area is 131 Å². The number of aliphatic hydroxyl groups is 2. The van der Waals surface area contributed by atoms with Gasteiger partial charge in [0.2, 0.25) is 0 Å². The van der Waals surface area contributed by atoms with E-state index < -0.39 is 12.2 Å². The number of rotatable bonds is 0. The van der Waals surface area contributed by atoms with Gasteiger partial charge in [0.15, 0.2) is 0 Å². The van der Waals surface area contributed by atoms with Crippen LogP contribution in [0, 0.1) is 17.3 Å². The molecular formula is C18H26O4. The van der Waals surface area contributed by atoms with Gasteiger partial charge in [-0.3, -0.25) is 0 Å². The largest absolute Gasteiger partial charge is 0.508 e. The summed E-state index contributed by atoms with van der Waals surface area (Å²) in [6.07, 6.45) is 3.80. The lowest BCUT2D eigenvalue weighted by Gasteiger charge is -2.49. The molecule has 4 rings (SSSR count). The Morgan fingerprint density at radius 3 is 2.73 bits per heavy atom. The molecule has 4 nitrogen and oxygen atoms in total. The minimum absolute atomic E-state index is 0. The topological polar surface area (TPSA) is 92.2 Å². The van der Waals surface area contributed by atoms with E-state index in [0.717, 1.165) is 32.1 Å². The molecule has 0 radical (unpaired) electrons. The number of aryl methyl sites for hydroxylation is 1. The van der Waals surface area contributed by atoms with Crippen molar-refractivity contribution >= 4 is 0 Å². The molecule has 0 saturated heterocycles. The Morgan fingerprint density at radius 2 is 1.95 bits per heavy atom. The molecule has 3 aliphatic rings. The first-order valence-corrected chi connectivity index (χ1v) is 8.18. The van der Waals surface area contributed by atoms with Crippen molar-refractivity contribution < 1.29 is 20.8 Å². The van der Waals surface area contributed by atoms with Crippen LogP contribution < -0.4 is 0 Å². The summed E-state index contributed by atoms with van der Waals surface area (Å²) < 4.78 is 0. The van der Waals surface area contributed by atoms with E-state index in [2.05, 4.69) is 13.0 Å². The number of aliphatic hydroxyl groups excluding tert-OH is 2. The third-order valence-electron chi connectivity index (χ3n) is 6.68. The van der Waals surface area contributed by atoms with Crippen LogP contribution in [0.3, 0.4) is 0 Å². The molecule has 6 atom stereocenters. The maximum Gasteiger partial charge on any atom is 0.115 e. The Hall–Kier alpha value is -1.10. The summed E-state index contributed by atoms with van der Waals surface area (Å²) >= 11 is 0. The Morgan fingerprint density at radius 1 is 1.18 bits per heavy atom. The number of hydrogen-bond acceptors (Lipinski definition) is 3. The number of phenols is 1. The highest BCUT2D eigenvalue weighted by Crippen LogP contribution is 2.60. The normalized spacial score (nSPS) is 42.8. The van der Waals surface area contributed by atoms with E-state index >= 15 is 0 Å². The maximum atomic E-state index is 10.4. The predicted octanol–water partition coefficient (Wildman–Crippen LogP) is 1.76. The molecule has 1 aromatic carbocycles. The predicted molar refractivity (Wildman–Crippen MR) is 83.7 cm³/mol. The van der Waals surface area contributed by atoms with E-state index in [1.807, 2.05) is 6.07 Å². The van der Waals surface area contributed by atoms with Gasteiger partial charge in [0, 0.05) is 0 Å². The van der Waals surface area contributed by atoms with Gasteiger partial charge in [-0.25, -0.2) is 0 Å². The fourth-order valence-corrected chi connectivity index (χ4v) is 5.56. The first-order chi connectivity index (χ1) is 10.0. The molecular weight excluding hydrogens is 280 g/mol. The van der Waals surface area contributed by atoms with Crippen molar-refractivity contribution in [1.82, 2.24) is 0 Å². The van der Waals surface area contributed by atoms with Gasteiger partial charge in [0.1, 0.15) is 5.75 Å². The summed E-state index contributed by atoms with van der Waals surface area (Å²) in [6.45, 7) is 2.17. The molecule has 0 bridgehead atoms. The number of hydrogen-bond donors (Lipinski definition) is 3. The SMILES string of the molecule is C[C@]12CC[C@@H]3c4ccc(O)cc4CC[C@H]3[C@@H]1C[C@@H](O)[C@@H]2O.O. The van der Waals surface area contributed by atoms with Crippen LogP contribution in [0.25, 0.3) is 0 Å². The van der Waals surface area contributed by atoms with Crippen molar-refractivity contribution in [2.45, 2.75) is 57.2 Å². The average molecular weight is 306 g/mol. The van der Waals surface area contributed by atoms with E-state index in [1.54, 1.807) is 6.07 Å². The summed E-state index contributed by atoms with van der Waals surface area (Å²) in [4.78, 5) is 0. The third kappa shape index (κ3) is 2.01. The van der Waals surface area contributed by atoms with Crippen LogP contribution in [0.4, 0.5) is 0 Å². The van der Waals surface area contributed by atoms with Crippen molar-refractivity contribution in [3.8, 4) is 5.75 Å². The Kier molecular flexibility index (Phi) is 3.75. The van der Waals surface area contributed by atoms with Crippen LogP contribution in [-0.2, 0) is 6.42 Å². The first-order valence-electron chi connectivity index (χ1n) is 8.18. The van der Waals surface area contributed by atoms with E-state index in [9.17, 15) is 15.3 Å². The zero-order valence-corrected chi connectivity index (χ0v) is 13.0. The summed E-state index contributed by atoms with van der Waals surface area (Å²) in [5.74, 6) is 1.88. The van der Waals surface area contributed by atoms with Gasteiger partial charge in [0.25, 0.3) is 0 Å². The van der Waals surface area contributed by atoms with Crippen molar-refractivity contribution in [1.29, 1.82) is 0 Å². The van der Waals surface area contributed by atoms with E-state index in [1.165, 1.54) is 11.1 Å². The van der Waals surface area contributed by atoms with Gasteiger partial charge in [-0.1, -0.05) is 13.0 Å². The number of benzene rings is 1. The molecule has 0 aliphatic heterocycles. The van der Waals surface area contributed by atoms with Crippen LogP contribution in [0.2, 0.25) is 0 Å². The molecule has 1 aromatic rings. The summed E-state index contributed by atoms with van der Waals surface area (Å²) in [5, 5.41) is 30.2. The standard InChI is InChI=1S/C18H24O3.H2O/c1-18-7-6-13-12-5-3-11(19)8-10(12)2-4-14(13)15(18)9-16(20)17(18)21;/h3,5,8,13-17,19-21H,2,4,6-7,9H2,1H3;1H2/t13-,14-,15+,16-,17+,18+;/m1./s1. The molecule has 22 heavy (non-hydrogen) atoms. The molecule has 0 amide bonds. The highest BCUT2D eigenvalue weighted by atomic mass is 16.3. The maximum absolute atomic E-state index is 10.4. The van der Waals surface area contributed by atoms with Gasteiger partial charge in [0.05, 0.1) is 12.2 Å². The van der Waals surface area contributed by atoms with Crippen molar-refractivity contribution in [3.63, 3.8) is 0 Å². The highest BCUT2D eigenvalue weighted by Gasteiger charge is 2.57. The summed E-state index contributed by atoms with van der Waals surface area (Å²) in [5.41, 5.74) is 2.57. The van der Waals surface area contributed by atoms with E-state index in [4.69, 9.17) is 0 Å². The monoisotopic (exact) mass is 306 g/mol. The zero-order chi connectivity index (χ0) is 14.8. The second-order valence-corrected chi connectivity index (χ2v) is 7.59. The van der Waals surface area contributed by atoms with Crippen molar-refractivity contribution in [2.75, 3.05) is 0 Å². The van der Waals surface area contributed by atoms with Crippen molar-refractivity contribution in [2.24, 2.45) is 17.3 Å². The number of phenolic OH excluding ortho intramolecular Hbond substituents is 1. The molecule has 0 aromatic heterocycles. The minimum atomic E-state index is -0.565. The third-order valence-corrected chi connectivity index (χ3v) is 6.68. The molecule has 0 unspecified atom stereocenters. The highest BCUT2D eigenvalue weighted by molar-refractivity contribution is 5.40. The molecule has 2 fully saturated rings. The lowest BCUT2D eigenvalue weighted by atomic mass is 9.55. The minimum Gasteiger partial charge on any atom is -0.508 e. The average Bonchev–Trinajstić information content (AvgIpc) is 2.70. The van der Waals surface area contributed by atoms with Gasteiger partial charge in [-0.2, -0.15) is 0 Å². The smallest absolute Gasteiger partial charge is 0.115 e. The van der Waals surface area contributed by atoms with Crippen LogP contribution in [0.1, 0.15) is 49.7 Å². The number of aromatic hydroxyl groups is 1. The quantitative estimate of drug-likeness (QED) is 0.682. The first kappa shape index (κ1) is 15.8. The van der Waals surface area contributed by atoms with Crippen LogP contribution >= 0.6 is 0 Å². The molecule has 3 aliphatic carbocycles. The molecule has 2 saturated carbocycles. The Bertz CT molecular complexity index is 572. The van der Waals surface area contributed by atoms with Gasteiger partial charge in [-0.15, -0.1) is 0 Å². The van der Waals surface area contributed by atoms with Gasteiger partial charge < -0.3 is 20.8 Å². The van der Waals surface area contributed by atoms with Crippen LogP contribution in [0.5, 0.6) is 5.75 Å². The lowest BCUT2D eigenvalue weighted by molar-refractivity contribution is -0.0505. The summed E-state index contributed by atoms with van der Waals surface area (Å²) in [6, 6.07) is 5.80. The molecule has 122 valence electrons. The van der Waals surface area contributed by atoms with Crippen molar-refractivity contribution in [3.05, 3.63) is 29.3 Å². The molecule has 0 heterocycles. The van der Waals surface area contributed by atoms with E-state index in [-0.39, 0.29) is 10.9 Å². The second kappa shape index (κ2) is 5.22. The molecule has 0 spiro atoms. The Balaban J connectivity index is 0.00000144. The van der Waals surface area contributed by atoms with Crippen LogP contribution in [0.15, 0.2) is 18.2 Å². The lowest BCUT2D eigenvalue weighted by Crippen LogP contribution is -2.44. The van der Waals surface area contributed by atoms with Crippen LogP contribution in [-0.4, -0.2) is 33.0 Å². The summed E-state index contributed by atoms with van der Waals surface area (Å²) in [7, 11) is 0. The fourth-order valence-electron chi connectivity index (χ4n) is 5.56. The van der Waals surface area contributed by atoms with E-state index in [0.29, 0.717) is 23.5 Å². The van der Waals surface area contributed by atoms with Gasteiger partial charge >= 0.3 is 0 Å². The zero-order valence-electron chi connectivity index (χ0n) is 13.0.